The van der Waals surface area contributed by atoms with Gasteiger partial charge in [0.2, 0.25) is 0 Å². The smallest absolute Gasteiger partial charge is 0.161 e. The van der Waals surface area contributed by atoms with Gasteiger partial charge in [0.15, 0.2) is 17.3 Å². The van der Waals surface area contributed by atoms with Crippen LogP contribution in [0.25, 0.3) is 0 Å². The van der Waals surface area contributed by atoms with Crippen LogP contribution in [0.5, 0.6) is 11.5 Å². The molecule has 166 valence electrons. The van der Waals surface area contributed by atoms with Crippen LogP contribution in [0.15, 0.2) is 72.8 Å². The zero-order chi connectivity index (χ0) is 22.3. The molecule has 1 saturated heterocycles. The second-order valence-electron chi connectivity index (χ2n) is 8.13. The molecule has 0 aliphatic carbocycles. The number of anilines is 1. The molecule has 0 amide bonds. The fraction of sp³-hybridized carbons (Fsp3) is 0.296. The first-order chi connectivity index (χ1) is 15.6. The molecule has 4 rings (SSSR count). The standard InChI is InChI=1S/C27H30N2O3/c1-21(30)24-9-11-25(12-10-24)29-16-14-28(15-17-29)19-23-8-13-26(31-2)27(18-23)32-20-22-6-4-3-5-7-22/h3-13,18H,14-17,19-20H2,1-2H3. The maximum Gasteiger partial charge on any atom is 0.161 e. The van der Waals surface area contributed by atoms with Gasteiger partial charge in [-0.3, -0.25) is 9.69 Å². The number of ketones is 1. The normalized spacial score (nSPS) is 14.2. The highest BCUT2D eigenvalue weighted by molar-refractivity contribution is 5.94. The molecule has 32 heavy (non-hydrogen) atoms. The van der Waals surface area contributed by atoms with Crippen LogP contribution in [0.1, 0.15) is 28.4 Å². The molecule has 0 bridgehead atoms. The van der Waals surface area contributed by atoms with Crippen LogP contribution in [-0.4, -0.2) is 44.0 Å². The molecule has 1 fully saturated rings. The van der Waals surface area contributed by atoms with E-state index in [-0.39, 0.29) is 5.78 Å². The molecule has 0 atom stereocenters. The maximum absolute atomic E-state index is 11.5. The average Bonchev–Trinajstić information content (AvgIpc) is 2.84. The number of hydrogen-bond donors (Lipinski definition) is 0. The second-order valence-corrected chi connectivity index (χ2v) is 8.13. The molecule has 0 spiro atoms. The molecule has 1 heterocycles. The average molecular weight is 431 g/mol. The molecule has 1 aliphatic rings. The van der Waals surface area contributed by atoms with E-state index >= 15 is 0 Å². The van der Waals surface area contributed by atoms with E-state index in [1.165, 1.54) is 11.3 Å². The molecule has 3 aromatic carbocycles. The largest absolute Gasteiger partial charge is 0.493 e. The van der Waals surface area contributed by atoms with E-state index in [0.717, 1.165) is 55.3 Å². The first-order valence-corrected chi connectivity index (χ1v) is 11.0. The van der Waals surface area contributed by atoms with Crippen molar-refractivity contribution in [1.29, 1.82) is 0 Å². The number of methoxy groups -OCH3 is 1. The molecular formula is C27H30N2O3. The van der Waals surface area contributed by atoms with Crippen molar-refractivity contribution in [3.8, 4) is 11.5 Å². The van der Waals surface area contributed by atoms with Crippen LogP contribution in [0.4, 0.5) is 5.69 Å². The molecule has 0 unspecified atom stereocenters. The molecule has 1 aliphatic heterocycles. The molecule has 0 radical (unpaired) electrons. The summed E-state index contributed by atoms with van der Waals surface area (Å²) in [4.78, 5) is 16.3. The van der Waals surface area contributed by atoms with E-state index in [4.69, 9.17) is 9.47 Å². The Balaban J connectivity index is 1.34. The van der Waals surface area contributed by atoms with E-state index in [1.54, 1.807) is 14.0 Å². The summed E-state index contributed by atoms with van der Waals surface area (Å²) in [7, 11) is 1.67. The van der Waals surface area contributed by atoms with Crippen molar-refractivity contribution in [2.75, 3.05) is 38.2 Å². The van der Waals surface area contributed by atoms with Gasteiger partial charge in [-0.15, -0.1) is 0 Å². The van der Waals surface area contributed by atoms with Crippen LogP contribution in [0.3, 0.4) is 0 Å². The minimum atomic E-state index is 0.105. The molecule has 0 N–H and O–H groups in total. The van der Waals surface area contributed by atoms with E-state index in [2.05, 4.69) is 34.1 Å². The van der Waals surface area contributed by atoms with Crippen molar-refractivity contribution in [3.63, 3.8) is 0 Å². The van der Waals surface area contributed by atoms with Crippen molar-refractivity contribution < 1.29 is 14.3 Å². The van der Waals surface area contributed by atoms with Gasteiger partial charge >= 0.3 is 0 Å². The van der Waals surface area contributed by atoms with Gasteiger partial charge in [0, 0.05) is 44.0 Å². The Labute approximate surface area is 190 Å². The van der Waals surface area contributed by atoms with Crippen molar-refractivity contribution in [2.24, 2.45) is 0 Å². The van der Waals surface area contributed by atoms with E-state index in [1.807, 2.05) is 48.5 Å². The van der Waals surface area contributed by atoms with E-state index in [0.29, 0.717) is 6.61 Å². The lowest BCUT2D eigenvalue weighted by Crippen LogP contribution is -2.45. The lowest BCUT2D eigenvalue weighted by Gasteiger charge is -2.36. The number of ether oxygens (including phenoxy) is 2. The number of benzene rings is 3. The number of rotatable bonds is 8. The van der Waals surface area contributed by atoms with E-state index < -0.39 is 0 Å². The van der Waals surface area contributed by atoms with Crippen LogP contribution < -0.4 is 14.4 Å². The van der Waals surface area contributed by atoms with Gasteiger partial charge in [0.1, 0.15) is 6.61 Å². The van der Waals surface area contributed by atoms with E-state index in [9.17, 15) is 4.79 Å². The van der Waals surface area contributed by atoms with Crippen molar-refractivity contribution in [2.45, 2.75) is 20.1 Å². The molecule has 3 aromatic rings. The number of carbonyl (C=O) groups excluding carboxylic acids is 1. The summed E-state index contributed by atoms with van der Waals surface area (Å²) in [5.41, 5.74) is 4.29. The Bertz CT molecular complexity index is 1030. The summed E-state index contributed by atoms with van der Waals surface area (Å²) in [5.74, 6) is 1.63. The predicted molar refractivity (Wildman–Crippen MR) is 128 cm³/mol. The first-order valence-electron chi connectivity index (χ1n) is 11.0. The Kier molecular flexibility index (Phi) is 7.07. The highest BCUT2D eigenvalue weighted by atomic mass is 16.5. The van der Waals surface area contributed by atoms with Crippen LogP contribution in [0.2, 0.25) is 0 Å². The summed E-state index contributed by atoms with van der Waals surface area (Å²) in [6.45, 7) is 6.90. The predicted octanol–water partition coefficient (Wildman–Crippen LogP) is 4.80. The van der Waals surface area contributed by atoms with Gasteiger partial charge in [-0.05, 0) is 54.4 Å². The van der Waals surface area contributed by atoms with Gasteiger partial charge in [-0.1, -0.05) is 36.4 Å². The lowest BCUT2D eigenvalue weighted by molar-refractivity contribution is 0.101. The van der Waals surface area contributed by atoms with Gasteiger partial charge in [-0.2, -0.15) is 0 Å². The number of hydrogen-bond acceptors (Lipinski definition) is 5. The van der Waals surface area contributed by atoms with Crippen LogP contribution >= 0.6 is 0 Å². The molecule has 5 nitrogen and oxygen atoms in total. The third-order valence-corrected chi connectivity index (χ3v) is 5.88. The van der Waals surface area contributed by atoms with Crippen molar-refractivity contribution in [1.82, 2.24) is 4.90 Å². The fourth-order valence-corrected chi connectivity index (χ4v) is 4.00. The first kappa shape index (κ1) is 21.9. The minimum Gasteiger partial charge on any atom is -0.493 e. The van der Waals surface area contributed by atoms with Crippen molar-refractivity contribution in [3.05, 3.63) is 89.5 Å². The third kappa shape index (κ3) is 5.48. The summed E-state index contributed by atoms with van der Waals surface area (Å²) in [6, 6.07) is 24.3. The highest BCUT2D eigenvalue weighted by Gasteiger charge is 2.18. The Morgan fingerprint density at radius 2 is 1.56 bits per heavy atom. The Morgan fingerprint density at radius 1 is 0.844 bits per heavy atom. The van der Waals surface area contributed by atoms with Gasteiger partial charge < -0.3 is 14.4 Å². The topological polar surface area (TPSA) is 42.0 Å². The monoisotopic (exact) mass is 430 g/mol. The number of carbonyl (C=O) groups is 1. The zero-order valence-corrected chi connectivity index (χ0v) is 18.8. The molecule has 0 saturated carbocycles. The quantitative estimate of drug-likeness (QED) is 0.480. The van der Waals surface area contributed by atoms with Gasteiger partial charge in [0.05, 0.1) is 7.11 Å². The van der Waals surface area contributed by atoms with Gasteiger partial charge in [0.25, 0.3) is 0 Å². The number of nitrogens with zero attached hydrogens (tertiary/aromatic N) is 2. The minimum absolute atomic E-state index is 0.105. The number of piperazine rings is 1. The third-order valence-electron chi connectivity index (χ3n) is 5.88. The molecule has 0 aromatic heterocycles. The summed E-state index contributed by atoms with van der Waals surface area (Å²) in [5, 5.41) is 0. The summed E-state index contributed by atoms with van der Waals surface area (Å²) < 4.78 is 11.6. The Hall–Kier alpha value is -3.31. The van der Waals surface area contributed by atoms with Crippen LogP contribution in [0, 0.1) is 0 Å². The van der Waals surface area contributed by atoms with Crippen LogP contribution in [-0.2, 0) is 13.2 Å². The molecular weight excluding hydrogens is 400 g/mol. The molecule has 5 heteroatoms. The zero-order valence-electron chi connectivity index (χ0n) is 18.8. The summed E-state index contributed by atoms with van der Waals surface area (Å²) >= 11 is 0. The highest BCUT2D eigenvalue weighted by Crippen LogP contribution is 2.29. The SMILES string of the molecule is COc1ccc(CN2CCN(c3ccc(C(C)=O)cc3)CC2)cc1OCc1ccccc1. The second kappa shape index (κ2) is 10.3. The lowest BCUT2D eigenvalue weighted by atomic mass is 10.1. The Morgan fingerprint density at radius 3 is 2.22 bits per heavy atom. The van der Waals surface area contributed by atoms with Gasteiger partial charge in [-0.25, -0.2) is 0 Å². The maximum atomic E-state index is 11.5. The summed E-state index contributed by atoms with van der Waals surface area (Å²) in [6.07, 6.45) is 0. The number of Topliss-reactive ketones (excluding diaryl/α,β-unsaturated/α-hetero) is 1. The fourth-order valence-electron chi connectivity index (χ4n) is 4.00. The van der Waals surface area contributed by atoms with Crippen molar-refractivity contribution >= 4 is 11.5 Å².